The monoisotopic (exact) mass is 228 g/mol. The molecule has 0 aromatic rings. The molecule has 0 radical (unpaired) electrons. The number of rotatable bonds is 5. The van der Waals surface area contributed by atoms with Crippen LogP contribution in [0.3, 0.4) is 0 Å². The molecule has 1 rings (SSSR count). The number of carbonyl (C=O) groups excluding carboxylic acids is 1. The quantitative estimate of drug-likeness (QED) is 0.632. The van der Waals surface area contributed by atoms with Crippen molar-refractivity contribution in [2.45, 2.75) is 45.2 Å². The van der Waals surface area contributed by atoms with Crippen LogP contribution < -0.4 is 11.1 Å². The molecule has 0 aliphatic heterocycles. The standard InChI is InChI=1S/C11H20N2O3/c1-6(9(14)15)7(2)13-10(16)11(3,12)8-4-5-8/h6-8H,4-5,12H2,1-3H3,(H,13,16)(H,14,15). The number of carboxylic acids is 1. The van der Waals surface area contributed by atoms with Crippen molar-refractivity contribution >= 4 is 11.9 Å². The minimum atomic E-state index is -0.919. The average Bonchev–Trinajstić information content (AvgIpc) is 2.99. The molecule has 0 aromatic heterocycles. The van der Waals surface area contributed by atoms with Gasteiger partial charge in [0.1, 0.15) is 0 Å². The first kappa shape index (κ1) is 13.0. The van der Waals surface area contributed by atoms with Crippen LogP contribution in [0.2, 0.25) is 0 Å². The first-order valence-electron chi connectivity index (χ1n) is 5.59. The van der Waals surface area contributed by atoms with Crippen molar-refractivity contribution in [2.75, 3.05) is 0 Å². The lowest BCUT2D eigenvalue weighted by molar-refractivity contribution is -0.142. The predicted octanol–water partition coefficient (Wildman–Crippen LogP) is 0.339. The molecule has 0 spiro atoms. The molecule has 1 amide bonds. The minimum Gasteiger partial charge on any atom is -0.481 e. The maximum atomic E-state index is 11.9. The van der Waals surface area contributed by atoms with Gasteiger partial charge < -0.3 is 16.2 Å². The molecule has 3 unspecified atom stereocenters. The van der Waals surface area contributed by atoms with Gasteiger partial charge >= 0.3 is 5.97 Å². The van der Waals surface area contributed by atoms with E-state index >= 15 is 0 Å². The van der Waals surface area contributed by atoms with E-state index in [1.807, 2.05) is 0 Å². The van der Waals surface area contributed by atoms with Gasteiger partial charge in [0.15, 0.2) is 0 Å². The lowest BCUT2D eigenvalue weighted by Crippen LogP contribution is -2.56. The first-order valence-corrected chi connectivity index (χ1v) is 5.59. The second-order valence-electron chi connectivity index (χ2n) is 4.95. The summed E-state index contributed by atoms with van der Waals surface area (Å²) in [5.41, 5.74) is 5.06. The largest absolute Gasteiger partial charge is 0.481 e. The van der Waals surface area contributed by atoms with Gasteiger partial charge in [-0.25, -0.2) is 0 Å². The van der Waals surface area contributed by atoms with Crippen LogP contribution in [-0.2, 0) is 9.59 Å². The number of hydrogen-bond acceptors (Lipinski definition) is 3. The van der Waals surface area contributed by atoms with Crippen LogP contribution in [0.5, 0.6) is 0 Å². The maximum absolute atomic E-state index is 11.9. The Hall–Kier alpha value is -1.10. The summed E-state index contributed by atoms with van der Waals surface area (Å²) in [6.45, 7) is 4.95. The number of hydrogen-bond donors (Lipinski definition) is 3. The van der Waals surface area contributed by atoms with Gasteiger partial charge in [-0.2, -0.15) is 0 Å². The third kappa shape index (κ3) is 2.72. The highest BCUT2D eigenvalue weighted by Gasteiger charge is 2.44. The molecule has 0 aromatic carbocycles. The van der Waals surface area contributed by atoms with Gasteiger partial charge in [-0.1, -0.05) is 0 Å². The van der Waals surface area contributed by atoms with Crippen LogP contribution in [0.1, 0.15) is 33.6 Å². The molecular weight excluding hydrogens is 208 g/mol. The van der Waals surface area contributed by atoms with E-state index < -0.39 is 23.5 Å². The predicted molar refractivity (Wildman–Crippen MR) is 59.7 cm³/mol. The maximum Gasteiger partial charge on any atom is 0.308 e. The van der Waals surface area contributed by atoms with Gasteiger partial charge in [0.05, 0.1) is 11.5 Å². The van der Waals surface area contributed by atoms with Crippen LogP contribution in [0.15, 0.2) is 0 Å². The molecule has 3 atom stereocenters. The SMILES string of the molecule is CC(NC(=O)C(C)(N)C1CC1)C(C)C(=O)O. The Kier molecular flexibility index (Phi) is 3.57. The van der Waals surface area contributed by atoms with Crippen LogP contribution in [0, 0.1) is 11.8 Å². The number of amides is 1. The average molecular weight is 228 g/mol. The Bertz CT molecular complexity index is 298. The number of carboxylic acid groups (broad SMARTS) is 1. The van der Waals surface area contributed by atoms with Crippen molar-refractivity contribution in [3.05, 3.63) is 0 Å². The van der Waals surface area contributed by atoms with Gasteiger partial charge in [0.2, 0.25) is 5.91 Å². The molecule has 5 heteroatoms. The van der Waals surface area contributed by atoms with E-state index in [-0.39, 0.29) is 11.8 Å². The molecule has 92 valence electrons. The van der Waals surface area contributed by atoms with E-state index in [0.717, 1.165) is 12.8 Å². The second-order valence-corrected chi connectivity index (χ2v) is 4.95. The van der Waals surface area contributed by atoms with Gasteiger partial charge in [0.25, 0.3) is 0 Å². The zero-order chi connectivity index (χ0) is 12.5. The molecule has 1 fully saturated rings. The number of nitrogens with one attached hydrogen (secondary N) is 1. The Morgan fingerprint density at radius 1 is 1.44 bits per heavy atom. The van der Waals surface area contributed by atoms with Crippen molar-refractivity contribution in [1.29, 1.82) is 0 Å². The molecule has 1 aliphatic carbocycles. The Balaban J connectivity index is 2.53. The summed E-state index contributed by atoms with van der Waals surface area (Å²) in [6, 6.07) is -0.411. The van der Waals surface area contributed by atoms with Crippen LogP contribution in [0.25, 0.3) is 0 Å². The smallest absolute Gasteiger partial charge is 0.308 e. The van der Waals surface area contributed by atoms with E-state index in [4.69, 9.17) is 10.8 Å². The third-order valence-corrected chi connectivity index (χ3v) is 3.41. The summed E-state index contributed by atoms with van der Waals surface area (Å²) < 4.78 is 0. The van der Waals surface area contributed by atoms with Gasteiger partial charge in [-0.15, -0.1) is 0 Å². The highest BCUT2D eigenvalue weighted by Crippen LogP contribution is 2.38. The molecular formula is C11H20N2O3. The molecule has 1 saturated carbocycles. The van der Waals surface area contributed by atoms with Crippen LogP contribution in [-0.4, -0.2) is 28.6 Å². The molecule has 0 saturated heterocycles. The number of aliphatic carboxylic acids is 1. The Morgan fingerprint density at radius 2 is 1.94 bits per heavy atom. The molecule has 4 N–H and O–H groups in total. The zero-order valence-corrected chi connectivity index (χ0v) is 9.99. The van der Waals surface area contributed by atoms with E-state index in [0.29, 0.717) is 0 Å². The first-order chi connectivity index (χ1) is 7.26. The van der Waals surface area contributed by atoms with Crippen molar-refractivity contribution in [2.24, 2.45) is 17.6 Å². The lowest BCUT2D eigenvalue weighted by Gasteiger charge is -2.27. The number of carbonyl (C=O) groups is 2. The number of nitrogens with two attached hydrogens (primary N) is 1. The van der Waals surface area contributed by atoms with Crippen LogP contribution in [0.4, 0.5) is 0 Å². The van der Waals surface area contributed by atoms with Gasteiger partial charge in [0, 0.05) is 6.04 Å². The zero-order valence-electron chi connectivity index (χ0n) is 9.99. The Morgan fingerprint density at radius 3 is 2.31 bits per heavy atom. The fourth-order valence-electron chi connectivity index (χ4n) is 1.57. The summed E-state index contributed by atoms with van der Waals surface area (Å²) in [5, 5.41) is 11.5. The van der Waals surface area contributed by atoms with Crippen molar-refractivity contribution < 1.29 is 14.7 Å². The molecule has 1 aliphatic rings. The summed E-state index contributed by atoms with van der Waals surface area (Å²) >= 11 is 0. The van der Waals surface area contributed by atoms with Crippen molar-refractivity contribution in [3.8, 4) is 0 Å². The molecule has 16 heavy (non-hydrogen) atoms. The summed E-state index contributed by atoms with van der Waals surface area (Å²) in [7, 11) is 0. The third-order valence-electron chi connectivity index (χ3n) is 3.41. The molecule has 0 bridgehead atoms. The second kappa shape index (κ2) is 4.41. The normalized spacial score (nSPS) is 23.0. The fourth-order valence-corrected chi connectivity index (χ4v) is 1.57. The summed E-state index contributed by atoms with van der Waals surface area (Å²) in [6.07, 6.45) is 1.95. The van der Waals surface area contributed by atoms with E-state index in [9.17, 15) is 9.59 Å². The highest BCUT2D eigenvalue weighted by molar-refractivity contribution is 5.87. The van der Waals surface area contributed by atoms with E-state index in [1.54, 1.807) is 20.8 Å². The van der Waals surface area contributed by atoms with Gasteiger partial charge in [-0.05, 0) is 39.5 Å². The van der Waals surface area contributed by atoms with Crippen molar-refractivity contribution in [3.63, 3.8) is 0 Å². The summed E-state index contributed by atoms with van der Waals surface area (Å²) in [4.78, 5) is 22.6. The topological polar surface area (TPSA) is 92.4 Å². The molecule has 0 heterocycles. The van der Waals surface area contributed by atoms with Crippen molar-refractivity contribution in [1.82, 2.24) is 5.32 Å². The highest BCUT2D eigenvalue weighted by atomic mass is 16.4. The fraction of sp³-hybridized carbons (Fsp3) is 0.818. The van der Waals surface area contributed by atoms with E-state index in [2.05, 4.69) is 5.32 Å². The molecule has 5 nitrogen and oxygen atoms in total. The Labute approximate surface area is 95.4 Å². The van der Waals surface area contributed by atoms with Gasteiger partial charge in [-0.3, -0.25) is 9.59 Å². The van der Waals surface area contributed by atoms with E-state index in [1.165, 1.54) is 0 Å². The summed E-state index contributed by atoms with van der Waals surface area (Å²) in [5.74, 6) is -1.55. The lowest BCUT2D eigenvalue weighted by atomic mass is 9.94. The minimum absolute atomic E-state index is 0.236. The van der Waals surface area contributed by atoms with Crippen LogP contribution >= 0.6 is 0 Å².